The van der Waals surface area contributed by atoms with Gasteiger partial charge in [-0.25, -0.2) is 10.0 Å². The normalized spacial score (nSPS) is 20.9. The molecule has 2 rings (SSSR count). The fourth-order valence-electron chi connectivity index (χ4n) is 1.18. The van der Waals surface area contributed by atoms with Crippen LogP contribution in [-0.2, 0) is 0 Å². The van der Waals surface area contributed by atoms with Crippen molar-refractivity contribution in [2.75, 3.05) is 6.00 Å². The van der Waals surface area contributed by atoms with Gasteiger partial charge in [-0.2, -0.15) is 0 Å². The predicted octanol–water partition coefficient (Wildman–Crippen LogP) is 0.893. The number of alkyl halides is 1. The lowest BCUT2D eigenvalue weighted by Crippen LogP contribution is -2.40. The number of halogens is 1. The zero-order valence-electron chi connectivity index (χ0n) is 7.03. The molecule has 0 fully saturated rings. The summed E-state index contributed by atoms with van der Waals surface area (Å²) in [6, 6.07) is 0.293. The second-order valence-corrected chi connectivity index (χ2v) is 3.01. The Morgan fingerprint density at radius 1 is 1.69 bits per heavy atom. The fraction of sp³-hybridized carbons (Fsp3) is 0.286. The van der Waals surface area contributed by atoms with Crippen molar-refractivity contribution in [1.82, 2.24) is 15.6 Å². The van der Waals surface area contributed by atoms with E-state index in [9.17, 15) is 5.11 Å². The van der Waals surface area contributed by atoms with Gasteiger partial charge in [0.25, 0.3) is 0 Å². The monoisotopic (exact) mass is 200 g/mol. The highest BCUT2D eigenvalue weighted by atomic mass is 35.5. The molecule has 0 saturated heterocycles. The summed E-state index contributed by atoms with van der Waals surface area (Å²) in [6.45, 7) is 1.82. The molecule has 0 bridgehead atoms. The molecule has 70 valence electrons. The summed E-state index contributed by atoms with van der Waals surface area (Å²) in [5.74, 6) is 0.754. The summed E-state index contributed by atoms with van der Waals surface area (Å²) in [5, 5.41) is 12.6. The molecule has 0 saturated carbocycles. The van der Waals surface area contributed by atoms with Gasteiger partial charge < -0.3 is 5.11 Å². The van der Waals surface area contributed by atoms with Crippen LogP contribution in [0.25, 0.3) is 0 Å². The first-order valence-electron chi connectivity index (χ1n) is 3.77. The third-order valence-corrected chi connectivity index (χ3v) is 1.97. The largest absolute Gasteiger partial charge is 0.493 e. The predicted molar refractivity (Wildman–Crippen MR) is 49.4 cm³/mol. The molecule has 2 heterocycles. The van der Waals surface area contributed by atoms with E-state index in [2.05, 4.69) is 10.5 Å². The molecule has 0 radical (unpaired) electrons. The number of nitrogens with one attached hydrogen (secondary N) is 1. The molecule has 6 heteroatoms. The molecule has 0 aliphatic carbocycles. The van der Waals surface area contributed by atoms with Crippen molar-refractivity contribution in [2.24, 2.45) is 4.99 Å². The molecule has 0 aromatic carbocycles. The van der Waals surface area contributed by atoms with E-state index in [1.165, 1.54) is 5.01 Å². The maximum Gasteiger partial charge on any atom is 0.210 e. The lowest BCUT2D eigenvalue weighted by Gasteiger charge is -2.22. The standard InChI is InChI=1S/C7H9ClN4O/c1-5-2-7(13)12-6(9-5)3-11(4-8)10-12/h2-3,10,13H,4H2,1H3. The first-order valence-corrected chi connectivity index (χ1v) is 4.31. The summed E-state index contributed by atoms with van der Waals surface area (Å²) in [7, 11) is 0. The molecule has 0 atom stereocenters. The van der Waals surface area contributed by atoms with Crippen molar-refractivity contribution in [3.8, 4) is 0 Å². The minimum absolute atomic E-state index is 0.117. The van der Waals surface area contributed by atoms with Crippen molar-refractivity contribution in [1.29, 1.82) is 0 Å². The summed E-state index contributed by atoms with van der Waals surface area (Å²) in [6.07, 6.45) is 3.29. The Bertz CT molecular complexity index is 322. The van der Waals surface area contributed by atoms with Crippen molar-refractivity contribution >= 4 is 17.3 Å². The highest BCUT2D eigenvalue weighted by Crippen LogP contribution is 2.20. The number of nitrogens with zero attached hydrogens (tertiary/aromatic N) is 3. The Morgan fingerprint density at radius 2 is 2.46 bits per heavy atom. The fourth-order valence-corrected chi connectivity index (χ4v) is 1.30. The van der Waals surface area contributed by atoms with E-state index in [0.29, 0.717) is 11.8 Å². The number of hydrogen-bond donors (Lipinski definition) is 2. The van der Waals surface area contributed by atoms with Crippen LogP contribution < -0.4 is 5.53 Å². The molecular formula is C7H9ClN4O. The zero-order chi connectivity index (χ0) is 9.42. The average Bonchev–Trinajstić information content (AvgIpc) is 2.47. The summed E-state index contributed by atoms with van der Waals surface area (Å²) in [5.41, 5.74) is 3.59. The maximum absolute atomic E-state index is 9.50. The van der Waals surface area contributed by atoms with Gasteiger partial charge in [-0.05, 0) is 6.92 Å². The van der Waals surface area contributed by atoms with Crippen LogP contribution in [0.2, 0.25) is 0 Å². The van der Waals surface area contributed by atoms with Crippen LogP contribution in [0.15, 0.2) is 29.0 Å². The molecule has 2 N–H and O–H groups in total. The first-order chi connectivity index (χ1) is 6.20. The summed E-state index contributed by atoms with van der Waals surface area (Å²) in [4.78, 5) is 4.20. The van der Waals surface area contributed by atoms with Gasteiger partial charge in [0.2, 0.25) is 5.88 Å². The molecule has 13 heavy (non-hydrogen) atoms. The van der Waals surface area contributed by atoms with Gasteiger partial charge in [0, 0.05) is 11.8 Å². The van der Waals surface area contributed by atoms with E-state index in [4.69, 9.17) is 11.6 Å². The lowest BCUT2D eigenvalue weighted by atomic mass is 10.3. The number of hydrogen-bond acceptors (Lipinski definition) is 5. The van der Waals surface area contributed by atoms with E-state index in [0.717, 1.165) is 5.71 Å². The van der Waals surface area contributed by atoms with Crippen LogP contribution in [0.1, 0.15) is 6.92 Å². The van der Waals surface area contributed by atoms with Crippen LogP contribution in [0.5, 0.6) is 0 Å². The summed E-state index contributed by atoms with van der Waals surface area (Å²) < 4.78 is 0. The molecular weight excluding hydrogens is 192 g/mol. The van der Waals surface area contributed by atoms with Crippen LogP contribution in [0, 0.1) is 0 Å². The van der Waals surface area contributed by atoms with Crippen molar-refractivity contribution in [3.63, 3.8) is 0 Å². The van der Waals surface area contributed by atoms with E-state index in [1.807, 2.05) is 6.92 Å². The average molecular weight is 201 g/mol. The van der Waals surface area contributed by atoms with Crippen LogP contribution in [-0.4, -0.2) is 26.8 Å². The molecule has 0 amide bonds. The molecule has 0 spiro atoms. The topological polar surface area (TPSA) is 51.1 Å². The van der Waals surface area contributed by atoms with Gasteiger partial charge in [0.15, 0.2) is 5.82 Å². The van der Waals surface area contributed by atoms with Crippen LogP contribution in [0.3, 0.4) is 0 Å². The number of rotatable bonds is 1. The molecule has 0 unspecified atom stereocenters. The van der Waals surface area contributed by atoms with Gasteiger partial charge in [0.1, 0.15) is 6.00 Å². The number of aliphatic hydroxyl groups is 1. The SMILES string of the molecule is CC1=NC2=CN(CCl)NN2C(O)=C1. The van der Waals surface area contributed by atoms with Crippen molar-refractivity contribution < 1.29 is 5.11 Å². The number of hydrazine groups is 2. The lowest BCUT2D eigenvalue weighted by molar-refractivity contribution is 0.117. The number of aliphatic hydroxyl groups excluding tert-OH is 1. The first kappa shape index (κ1) is 8.40. The zero-order valence-corrected chi connectivity index (χ0v) is 7.78. The van der Waals surface area contributed by atoms with Crippen molar-refractivity contribution in [3.05, 3.63) is 24.0 Å². The third-order valence-electron chi connectivity index (χ3n) is 1.72. The Hall–Kier alpha value is -1.20. The van der Waals surface area contributed by atoms with Crippen LogP contribution >= 0.6 is 11.6 Å². The Morgan fingerprint density at radius 3 is 3.15 bits per heavy atom. The molecule has 5 nitrogen and oxygen atoms in total. The quantitative estimate of drug-likeness (QED) is 0.488. The minimum atomic E-state index is 0.117. The molecule has 2 aliphatic rings. The number of fused-ring (bicyclic) bond motifs is 1. The second kappa shape index (κ2) is 2.93. The molecule has 2 aliphatic heterocycles. The highest BCUT2D eigenvalue weighted by Gasteiger charge is 2.25. The van der Waals surface area contributed by atoms with Crippen LogP contribution in [0.4, 0.5) is 0 Å². The van der Waals surface area contributed by atoms with E-state index in [1.54, 1.807) is 17.3 Å². The molecule has 0 aromatic rings. The van der Waals surface area contributed by atoms with Gasteiger partial charge in [-0.1, -0.05) is 0 Å². The summed E-state index contributed by atoms with van der Waals surface area (Å²) >= 11 is 5.60. The third kappa shape index (κ3) is 1.36. The minimum Gasteiger partial charge on any atom is -0.493 e. The second-order valence-electron chi connectivity index (χ2n) is 2.77. The number of aliphatic imine (C=N–C) groups is 1. The Balaban J connectivity index is 2.29. The molecule has 0 aromatic heterocycles. The Labute approximate surface area is 80.5 Å². The van der Waals surface area contributed by atoms with Crippen molar-refractivity contribution in [2.45, 2.75) is 6.92 Å². The number of allylic oxidation sites excluding steroid dienone is 1. The highest BCUT2D eigenvalue weighted by molar-refractivity contribution is 6.17. The van der Waals surface area contributed by atoms with Gasteiger partial charge >= 0.3 is 0 Å². The van der Waals surface area contributed by atoms with E-state index < -0.39 is 0 Å². The maximum atomic E-state index is 9.50. The van der Waals surface area contributed by atoms with E-state index in [-0.39, 0.29) is 5.88 Å². The van der Waals surface area contributed by atoms with Gasteiger partial charge in [-0.15, -0.1) is 17.1 Å². The van der Waals surface area contributed by atoms with Gasteiger partial charge in [0.05, 0.1) is 6.20 Å². The Kier molecular flexibility index (Phi) is 1.90. The van der Waals surface area contributed by atoms with Gasteiger partial charge in [-0.3, -0.25) is 5.01 Å². The smallest absolute Gasteiger partial charge is 0.210 e. The van der Waals surface area contributed by atoms with E-state index >= 15 is 0 Å².